The molecule has 4 rings (SSSR count). The predicted molar refractivity (Wildman–Crippen MR) is 114 cm³/mol. The SMILES string of the molecule is Nc1ncnn2c(-c3cncc(C(=O)NCCC(O)c4ccc(F)cc4)c3)cc(C(F)(F)F)c12. The van der Waals surface area contributed by atoms with Crippen molar-refractivity contribution < 1.29 is 27.5 Å². The molecule has 0 aliphatic carbocycles. The third-order valence-electron chi connectivity index (χ3n) is 5.14. The van der Waals surface area contributed by atoms with Crippen LogP contribution in [0.1, 0.15) is 34.0 Å². The van der Waals surface area contributed by atoms with Crippen molar-refractivity contribution in [2.24, 2.45) is 0 Å². The molecule has 3 aromatic heterocycles. The number of nitrogens with zero attached hydrogens (tertiary/aromatic N) is 4. The number of alkyl halides is 3. The molecule has 1 unspecified atom stereocenters. The van der Waals surface area contributed by atoms with Crippen LogP contribution in [-0.2, 0) is 6.18 Å². The third-order valence-corrected chi connectivity index (χ3v) is 5.14. The number of nitrogen functional groups attached to an aromatic ring is 1. The van der Waals surface area contributed by atoms with E-state index in [4.69, 9.17) is 5.73 Å². The fourth-order valence-corrected chi connectivity index (χ4v) is 3.47. The number of hydrogen-bond donors (Lipinski definition) is 3. The van der Waals surface area contributed by atoms with Gasteiger partial charge in [-0.25, -0.2) is 13.9 Å². The van der Waals surface area contributed by atoms with E-state index in [1.165, 1.54) is 42.7 Å². The van der Waals surface area contributed by atoms with E-state index in [1.54, 1.807) is 0 Å². The van der Waals surface area contributed by atoms with E-state index in [-0.39, 0.29) is 35.6 Å². The van der Waals surface area contributed by atoms with E-state index in [9.17, 15) is 27.5 Å². The summed E-state index contributed by atoms with van der Waals surface area (Å²) in [6.45, 7) is 0.0949. The summed E-state index contributed by atoms with van der Waals surface area (Å²) in [5, 5.41) is 16.7. The monoisotopic (exact) mass is 474 g/mol. The van der Waals surface area contributed by atoms with Crippen molar-refractivity contribution >= 4 is 17.2 Å². The van der Waals surface area contributed by atoms with Crippen molar-refractivity contribution in [3.05, 3.63) is 77.6 Å². The number of amides is 1. The maximum Gasteiger partial charge on any atom is 0.418 e. The molecule has 1 amide bonds. The van der Waals surface area contributed by atoms with Crippen molar-refractivity contribution in [1.82, 2.24) is 24.9 Å². The Labute approximate surface area is 190 Å². The number of aliphatic hydroxyl groups is 1. The molecule has 0 spiro atoms. The van der Waals surface area contributed by atoms with Gasteiger partial charge in [0.25, 0.3) is 5.91 Å². The molecule has 8 nitrogen and oxygen atoms in total. The first-order chi connectivity index (χ1) is 16.1. The number of carbonyl (C=O) groups is 1. The van der Waals surface area contributed by atoms with E-state index in [2.05, 4.69) is 20.4 Å². The Morgan fingerprint density at radius 1 is 1.18 bits per heavy atom. The van der Waals surface area contributed by atoms with Crippen LogP contribution in [0.4, 0.5) is 23.4 Å². The van der Waals surface area contributed by atoms with Crippen LogP contribution in [0.3, 0.4) is 0 Å². The summed E-state index contributed by atoms with van der Waals surface area (Å²) in [5.41, 5.74) is 5.10. The van der Waals surface area contributed by atoms with Gasteiger partial charge in [-0.2, -0.15) is 18.3 Å². The van der Waals surface area contributed by atoms with Gasteiger partial charge in [-0.05, 0) is 36.2 Å². The van der Waals surface area contributed by atoms with Gasteiger partial charge in [0.2, 0.25) is 0 Å². The second-order valence-corrected chi connectivity index (χ2v) is 7.42. The lowest BCUT2D eigenvalue weighted by Crippen LogP contribution is -2.25. The molecule has 1 aromatic carbocycles. The lowest BCUT2D eigenvalue weighted by Gasteiger charge is -2.12. The number of rotatable bonds is 6. The molecule has 1 atom stereocenters. The van der Waals surface area contributed by atoms with Crippen LogP contribution in [0.2, 0.25) is 0 Å². The van der Waals surface area contributed by atoms with Gasteiger partial charge in [-0.1, -0.05) is 12.1 Å². The predicted octanol–water partition coefficient (Wildman–Crippen LogP) is 3.38. The second-order valence-electron chi connectivity index (χ2n) is 7.42. The largest absolute Gasteiger partial charge is 0.418 e. The first-order valence-electron chi connectivity index (χ1n) is 10.0. The molecule has 3 heterocycles. The molecule has 4 N–H and O–H groups in total. The molecular formula is C22H18F4N6O2. The molecule has 12 heteroatoms. The van der Waals surface area contributed by atoms with Crippen LogP contribution in [0.25, 0.3) is 16.8 Å². The van der Waals surface area contributed by atoms with Crippen LogP contribution in [0.15, 0.2) is 55.1 Å². The highest BCUT2D eigenvalue weighted by molar-refractivity contribution is 5.95. The molecular weight excluding hydrogens is 456 g/mol. The highest BCUT2D eigenvalue weighted by Gasteiger charge is 2.36. The summed E-state index contributed by atoms with van der Waals surface area (Å²) in [7, 11) is 0. The Balaban J connectivity index is 1.53. The highest BCUT2D eigenvalue weighted by Crippen LogP contribution is 2.38. The van der Waals surface area contributed by atoms with Gasteiger partial charge in [0, 0.05) is 24.5 Å². The van der Waals surface area contributed by atoms with Crippen molar-refractivity contribution in [1.29, 1.82) is 0 Å². The molecule has 0 aliphatic rings. The second kappa shape index (κ2) is 9.06. The summed E-state index contributed by atoms with van der Waals surface area (Å²) in [4.78, 5) is 20.2. The Bertz CT molecular complexity index is 1340. The van der Waals surface area contributed by atoms with E-state index in [0.717, 1.165) is 16.9 Å². The maximum atomic E-state index is 13.5. The van der Waals surface area contributed by atoms with Gasteiger partial charge in [0.05, 0.1) is 22.9 Å². The number of halogens is 4. The summed E-state index contributed by atoms with van der Waals surface area (Å²) in [6.07, 6.45) is -1.85. The zero-order valence-electron chi connectivity index (χ0n) is 17.4. The minimum Gasteiger partial charge on any atom is -0.388 e. The summed E-state index contributed by atoms with van der Waals surface area (Å²) in [5.74, 6) is -1.30. The van der Waals surface area contributed by atoms with Crippen LogP contribution in [0.5, 0.6) is 0 Å². The Morgan fingerprint density at radius 3 is 2.62 bits per heavy atom. The molecule has 34 heavy (non-hydrogen) atoms. The Morgan fingerprint density at radius 2 is 1.91 bits per heavy atom. The molecule has 0 bridgehead atoms. The Kier molecular flexibility index (Phi) is 6.16. The minimum absolute atomic E-state index is 0.0327. The third kappa shape index (κ3) is 4.66. The molecule has 0 aliphatic heterocycles. The normalized spacial score (nSPS) is 12.6. The molecule has 0 saturated carbocycles. The van der Waals surface area contributed by atoms with E-state index >= 15 is 0 Å². The van der Waals surface area contributed by atoms with Gasteiger partial charge in [0.1, 0.15) is 17.7 Å². The van der Waals surface area contributed by atoms with E-state index in [1.807, 2.05) is 0 Å². The topological polar surface area (TPSA) is 118 Å². The molecule has 176 valence electrons. The molecule has 0 fully saturated rings. The number of hydrogen-bond acceptors (Lipinski definition) is 6. The first kappa shape index (κ1) is 23.1. The molecule has 4 aromatic rings. The van der Waals surface area contributed by atoms with Crippen molar-refractivity contribution in [2.45, 2.75) is 18.7 Å². The van der Waals surface area contributed by atoms with Gasteiger partial charge in [-0.3, -0.25) is 9.78 Å². The Hall–Kier alpha value is -4.06. The maximum absolute atomic E-state index is 13.5. The lowest BCUT2D eigenvalue weighted by molar-refractivity contribution is -0.136. The van der Waals surface area contributed by atoms with Crippen LogP contribution in [0, 0.1) is 5.82 Å². The smallest absolute Gasteiger partial charge is 0.388 e. The van der Waals surface area contributed by atoms with Crippen molar-refractivity contribution in [3.63, 3.8) is 0 Å². The van der Waals surface area contributed by atoms with Gasteiger partial charge in [-0.15, -0.1) is 0 Å². The van der Waals surface area contributed by atoms with Crippen LogP contribution >= 0.6 is 0 Å². The average Bonchev–Trinajstić information content (AvgIpc) is 3.21. The van der Waals surface area contributed by atoms with Crippen molar-refractivity contribution in [2.75, 3.05) is 12.3 Å². The average molecular weight is 474 g/mol. The van der Waals surface area contributed by atoms with Crippen molar-refractivity contribution in [3.8, 4) is 11.3 Å². The van der Waals surface area contributed by atoms with Crippen LogP contribution < -0.4 is 11.1 Å². The number of benzene rings is 1. The fraction of sp³-hybridized carbons (Fsp3) is 0.182. The molecule has 0 saturated heterocycles. The number of fused-ring (bicyclic) bond motifs is 1. The highest BCUT2D eigenvalue weighted by atomic mass is 19.4. The van der Waals surface area contributed by atoms with E-state index < -0.39 is 35.1 Å². The lowest BCUT2D eigenvalue weighted by atomic mass is 10.1. The number of carbonyl (C=O) groups excluding carboxylic acids is 1. The minimum atomic E-state index is -4.70. The summed E-state index contributed by atoms with van der Waals surface area (Å²) in [6, 6.07) is 7.59. The zero-order valence-corrected chi connectivity index (χ0v) is 17.4. The first-order valence-corrected chi connectivity index (χ1v) is 10.0. The summed E-state index contributed by atoms with van der Waals surface area (Å²) < 4.78 is 54.6. The standard InChI is InChI=1S/C22H18F4N6O2/c23-15-3-1-12(2-4-15)18(33)5-6-29-21(34)14-7-13(9-28-10-14)17-8-16(22(24,25)26)19-20(27)30-11-31-32(17)19/h1-4,7-11,18,33H,5-6H2,(H,29,34)(H2,27,30,31). The number of pyridine rings is 1. The fourth-order valence-electron chi connectivity index (χ4n) is 3.47. The van der Waals surface area contributed by atoms with Gasteiger partial charge < -0.3 is 16.2 Å². The molecule has 0 radical (unpaired) electrons. The number of nitrogens with one attached hydrogen (secondary N) is 1. The summed E-state index contributed by atoms with van der Waals surface area (Å²) >= 11 is 0. The van der Waals surface area contributed by atoms with Gasteiger partial charge >= 0.3 is 6.18 Å². The van der Waals surface area contributed by atoms with Gasteiger partial charge in [0.15, 0.2) is 5.82 Å². The number of aliphatic hydroxyl groups excluding tert-OH is 1. The zero-order chi connectivity index (χ0) is 24.5. The number of anilines is 1. The number of aromatic nitrogens is 4. The van der Waals surface area contributed by atoms with E-state index in [0.29, 0.717) is 5.56 Å². The number of nitrogens with two attached hydrogens (primary N) is 1. The van der Waals surface area contributed by atoms with Crippen LogP contribution in [-0.4, -0.2) is 37.1 Å². The quantitative estimate of drug-likeness (QED) is 0.369.